The van der Waals surface area contributed by atoms with Gasteiger partial charge in [0.25, 0.3) is 5.91 Å². The van der Waals surface area contributed by atoms with E-state index in [1.165, 1.54) is 17.7 Å². The molecule has 0 aromatic carbocycles. The van der Waals surface area contributed by atoms with E-state index in [-0.39, 0.29) is 12.0 Å². The highest BCUT2D eigenvalue weighted by atomic mass is 16.5. The van der Waals surface area contributed by atoms with E-state index in [2.05, 4.69) is 15.3 Å². The Morgan fingerprint density at radius 2 is 2.04 bits per heavy atom. The Bertz CT molecular complexity index is 578. The van der Waals surface area contributed by atoms with Gasteiger partial charge in [0.05, 0.1) is 0 Å². The van der Waals surface area contributed by atoms with E-state index >= 15 is 0 Å². The average Bonchev–Trinajstić information content (AvgIpc) is 3.27. The van der Waals surface area contributed by atoms with Crippen LogP contribution in [0.3, 0.4) is 0 Å². The Morgan fingerprint density at radius 3 is 2.83 bits per heavy atom. The fourth-order valence-electron chi connectivity index (χ4n) is 3.90. The van der Waals surface area contributed by atoms with Gasteiger partial charge in [-0.1, -0.05) is 0 Å². The lowest BCUT2D eigenvalue weighted by Crippen LogP contribution is -2.46. The molecule has 0 bridgehead atoms. The Morgan fingerprint density at radius 1 is 1.17 bits per heavy atom. The van der Waals surface area contributed by atoms with Crippen molar-refractivity contribution < 1.29 is 9.53 Å². The van der Waals surface area contributed by atoms with Crippen LogP contribution in [0.5, 0.6) is 0 Å². The van der Waals surface area contributed by atoms with Gasteiger partial charge in [-0.05, 0) is 44.9 Å². The quantitative estimate of drug-likeness (QED) is 0.916. The second-order valence-electron chi connectivity index (χ2n) is 6.75. The standard InChI is InChI=1S/C17H24N4O2/c22-17(15-5-2-10-23-15)21-8-6-12(7-9-21)20-16-13-3-1-4-14(13)18-11-19-16/h11-12,15H,1-10H2,(H,18,19,20)/t15-/m0/s1. The maximum Gasteiger partial charge on any atom is 0.251 e. The molecule has 6 nitrogen and oxygen atoms in total. The summed E-state index contributed by atoms with van der Waals surface area (Å²) in [6.07, 6.45) is 8.63. The van der Waals surface area contributed by atoms with Crippen LogP contribution in [0, 0.1) is 0 Å². The molecule has 2 fully saturated rings. The third-order valence-electron chi connectivity index (χ3n) is 5.23. The summed E-state index contributed by atoms with van der Waals surface area (Å²) in [6.45, 7) is 2.35. The van der Waals surface area contributed by atoms with Gasteiger partial charge >= 0.3 is 0 Å². The van der Waals surface area contributed by atoms with Crippen LogP contribution >= 0.6 is 0 Å². The molecule has 4 rings (SSSR count). The molecule has 1 aromatic rings. The van der Waals surface area contributed by atoms with E-state index in [4.69, 9.17) is 4.74 Å². The van der Waals surface area contributed by atoms with Gasteiger partial charge in [-0.25, -0.2) is 9.97 Å². The number of aryl methyl sites for hydroxylation is 1. The van der Waals surface area contributed by atoms with E-state index in [0.29, 0.717) is 6.04 Å². The van der Waals surface area contributed by atoms with Gasteiger partial charge < -0.3 is 15.0 Å². The van der Waals surface area contributed by atoms with Crippen molar-refractivity contribution in [3.8, 4) is 0 Å². The summed E-state index contributed by atoms with van der Waals surface area (Å²) in [7, 11) is 0. The molecule has 3 aliphatic rings. The first kappa shape index (κ1) is 14.9. The third kappa shape index (κ3) is 3.04. The minimum Gasteiger partial charge on any atom is -0.368 e. The SMILES string of the molecule is O=C([C@@H]1CCCO1)N1CCC(Nc2ncnc3c2CCC3)CC1. The second-order valence-corrected chi connectivity index (χ2v) is 6.75. The number of nitrogens with one attached hydrogen (secondary N) is 1. The number of amides is 1. The Kier molecular flexibility index (Phi) is 4.16. The van der Waals surface area contributed by atoms with Crippen LogP contribution in [0.2, 0.25) is 0 Å². The van der Waals surface area contributed by atoms with Crippen molar-refractivity contribution in [3.05, 3.63) is 17.6 Å². The van der Waals surface area contributed by atoms with E-state index < -0.39 is 0 Å². The van der Waals surface area contributed by atoms with E-state index in [1.54, 1.807) is 6.33 Å². The zero-order valence-electron chi connectivity index (χ0n) is 13.5. The first-order valence-corrected chi connectivity index (χ1v) is 8.81. The molecule has 0 spiro atoms. The normalized spacial score (nSPS) is 24.7. The maximum atomic E-state index is 12.4. The maximum absolute atomic E-state index is 12.4. The predicted octanol–water partition coefficient (Wildman–Crippen LogP) is 1.55. The lowest BCUT2D eigenvalue weighted by molar-refractivity contribution is -0.141. The molecule has 2 saturated heterocycles. The zero-order valence-corrected chi connectivity index (χ0v) is 13.5. The van der Waals surface area contributed by atoms with Crippen molar-refractivity contribution in [1.29, 1.82) is 0 Å². The van der Waals surface area contributed by atoms with Crippen molar-refractivity contribution in [2.24, 2.45) is 0 Å². The summed E-state index contributed by atoms with van der Waals surface area (Å²) >= 11 is 0. The Hall–Kier alpha value is -1.69. The van der Waals surface area contributed by atoms with Gasteiger partial charge in [0.2, 0.25) is 0 Å². The number of fused-ring (bicyclic) bond motifs is 1. The number of hydrogen-bond acceptors (Lipinski definition) is 5. The van der Waals surface area contributed by atoms with E-state index in [0.717, 1.165) is 64.0 Å². The number of likely N-dealkylation sites (tertiary alicyclic amines) is 1. The molecule has 2 aliphatic heterocycles. The van der Waals surface area contributed by atoms with Gasteiger partial charge in [-0.3, -0.25) is 4.79 Å². The largest absolute Gasteiger partial charge is 0.368 e. The number of nitrogens with zero attached hydrogens (tertiary/aromatic N) is 3. The molecule has 23 heavy (non-hydrogen) atoms. The number of aromatic nitrogens is 2. The Labute approximate surface area is 136 Å². The third-order valence-corrected chi connectivity index (χ3v) is 5.23. The van der Waals surface area contributed by atoms with Crippen molar-refractivity contribution in [2.75, 3.05) is 25.0 Å². The van der Waals surface area contributed by atoms with Gasteiger partial charge in [0, 0.05) is 37.0 Å². The lowest BCUT2D eigenvalue weighted by atomic mass is 10.0. The smallest absolute Gasteiger partial charge is 0.251 e. The molecular formula is C17H24N4O2. The summed E-state index contributed by atoms with van der Waals surface area (Å²) in [5, 5.41) is 3.59. The van der Waals surface area contributed by atoms with Gasteiger partial charge in [-0.2, -0.15) is 0 Å². The monoisotopic (exact) mass is 316 g/mol. The summed E-state index contributed by atoms with van der Waals surface area (Å²) in [4.78, 5) is 23.2. The minimum atomic E-state index is -0.190. The number of rotatable bonds is 3. The summed E-state index contributed by atoms with van der Waals surface area (Å²) in [5.74, 6) is 1.19. The molecule has 1 aliphatic carbocycles. The molecule has 0 radical (unpaired) electrons. The van der Waals surface area contributed by atoms with Gasteiger partial charge in [0.1, 0.15) is 18.2 Å². The van der Waals surface area contributed by atoms with Crippen LogP contribution in [0.1, 0.15) is 43.4 Å². The molecule has 1 N–H and O–H groups in total. The lowest BCUT2D eigenvalue weighted by Gasteiger charge is -2.34. The van der Waals surface area contributed by atoms with Gasteiger partial charge in [0.15, 0.2) is 0 Å². The van der Waals surface area contributed by atoms with Gasteiger partial charge in [-0.15, -0.1) is 0 Å². The zero-order chi connectivity index (χ0) is 15.6. The molecule has 1 atom stereocenters. The number of carbonyl (C=O) groups excluding carboxylic acids is 1. The van der Waals surface area contributed by atoms with Crippen molar-refractivity contribution in [3.63, 3.8) is 0 Å². The first-order chi connectivity index (χ1) is 11.3. The number of piperidine rings is 1. The minimum absolute atomic E-state index is 0.184. The highest BCUT2D eigenvalue weighted by molar-refractivity contribution is 5.81. The molecule has 1 aromatic heterocycles. The van der Waals surface area contributed by atoms with E-state index in [9.17, 15) is 4.79 Å². The van der Waals surface area contributed by atoms with Crippen molar-refractivity contribution >= 4 is 11.7 Å². The van der Waals surface area contributed by atoms with Crippen LogP contribution in [0.4, 0.5) is 5.82 Å². The van der Waals surface area contributed by atoms with Crippen LogP contribution in [-0.2, 0) is 22.4 Å². The van der Waals surface area contributed by atoms with Crippen LogP contribution in [-0.4, -0.2) is 52.6 Å². The summed E-state index contributed by atoms with van der Waals surface area (Å²) in [6, 6.07) is 0.392. The topological polar surface area (TPSA) is 67.3 Å². The van der Waals surface area contributed by atoms with E-state index in [1.807, 2.05) is 4.90 Å². The van der Waals surface area contributed by atoms with Crippen LogP contribution in [0.25, 0.3) is 0 Å². The summed E-state index contributed by atoms with van der Waals surface area (Å²) in [5.41, 5.74) is 2.50. The highest BCUT2D eigenvalue weighted by Crippen LogP contribution is 2.27. The predicted molar refractivity (Wildman–Crippen MR) is 86.3 cm³/mol. The number of carbonyl (C=O) groups is 1. The molecule has 0 unspecified atom stereocenters. The van der Waals surface area contributed by atoms with Crippen molar-refractivity contribution in [2.45, 2.75) is 57.1 Å². The molecule has 3 heterocycles. The molecular weight excluding hydrogens is 292 g/mol. The van der Waals surface area contributed by atoms with Crippen LogP contribution in [0.15, 0.2) is 6.33 Å². The van der Waals surface area contributed by atoms with Crippen molar-refractivity contribution in [1.82, 2.24) is 14.9 Å². The molecule has 124 valence electrons. The molecule has 1 amide bonds. The second kappa shape index (κ2) is 6.43. The van der Waals surface area contributed by atoms with Crippen LogP contribution < -0.4 is 5.32 Å². The number of anilines is 1. The summed E-state index contributed by atoms with van der Waals surface area (Å²) < 4.78 is 5.52. The highest BCUT2D eigenvalue weighted by Gasteiger charge is 2.31. The average molecular weight is 316 g/mol. The first-order valence-electron chi connectivity index (χ1n) is 8.81. The molecule has 6 heteroatoms. The fraction of sp³-hybridized carbons (Fsp3) is 0.706. The molecule has 0 saturated carbocycles. The number of ether oxygens (including phenoxy) is 1. The Balaban J connectivity index is 1.33. The number of hydrogen-bond donors (Lipinski definition) is 1. The fourth-order valence-corrected chi connectivity index (χ4v) is 3.90.